The Morgan fingerprint density at radius 1 is 1.39 bits per heavy atom. The zero-order chi connectivity index (χ0) is 12.7. The Morgan fingerprint density at radius 2 is 2.17 bits per heavy atom. The van der Waals surface area contributed by atoms with Gasteiger partial charge in [0.2, 0.25) is 0 Å². The second-order valence-electron chi connectivity index (χ2n) is 5.63. The summed E-state index contributed by atoms with van der Waals surface area (Å²) in [7, 11) is 2.24. The lowest BCUT2D eigenvalue weighted by atomic mass is 9.88. The monoisotopic (exact) mass is 242 g/mol. The zero-order valence-electron chi connectivity index (χ0n) is 11.5. The van der Waals surface area contributed by atoms with Gasteiger partial charge in [0.1, 0.15) is 0 Å². The fourth-order valence-corrected chi connectivity index (χ4v) is 3.36. The molecule has 0 amide bonds. The van der Waals surface area contributed by atoms with E-state index < -0.39 is 0 Å². The molecule has 3 atom stereocenters. The van der Waals surface area contributed by atoms with E-state index >= 15 is 0 Å². The first-order valence-electron chi connectivity index (χ1n) is 6.98. The number of fused-ring (bicyclic) bond motifs is 2. The average molecular weight is 242 g/mol. The summed E-state index contributed by atoms with van der Waals surface area (Å²) in [6.45, 7) is 5.68. The first-order valence-corrected chi connectivity index (χ1v) is 6.98. The fraction of sp³-hybridized carbons (Fsp3) is 0.500. The lowest BCUT2D eigenvalue weighted by Crippen LogP contribution is -2.47. The highest BCUT2D eigenvalue weighted by Crippen LogP contribution is 2.36. The lowest BCUT2D eigenvalue weighted by Gasteiger charge is -2.38. The number of likely N-dealkylation sites (N-methyl/N-ethyl adjacent to an activating group) is 1. The highest BCUT2D eigenvalue weighted by molar-refractivity contribution is 5.75. The Kier molecular flexibility index (Phi) is 2.90. The van der Waals surface area contributed by atoms with Crippen LogP contribution in [0, 0.1) is 5.92 Å². The summed E-state index contributed by atoms with van der Waals surface area (Å²) in [6.07, 6.45) is 3.62. The largest absolute Gasteiger partial charge is 0.366 e. The van der Waals surface area contributed by atoms with Crippen LogP contribution in [0.4, 0.5) is 5.69 Å². The van der Waals surface area contributed by atoms with Crippen molar-refractivity contribution in [3.63, 3.8) is 0 Å². The molecule has 1 N–H and O–H groups in total. The molecule has 3 rings (SSSR count). The van der Waals surface area contributed by atoms with Gasteiger partial charge in [0.05, 0.1) is 6.04 Å². The number of hydrogen-bond donors (Lipinski definition) is 1. The average Bonchev–Trinajstić information content (AvgIpc) is 2.82. The number of rotatable bonds is 2. The van der Waals surface area contributed by atoms with E-state index in [0.717, 1.165) is 6.54 Å². The van der Waals surface area contributed by atoms with Gasteiger partial charge in [0.25, 0.3) is 0 Å². The van der Waals surface area contributed by atoms with Crippen LogP contribution in [0.25, 0.3) is 6.08 Å². The highest BCUT2D eigenvalue weighted by Gasteiger charge is 2.39. The predicted octanol–water partition coefficient (Wildman–Crippen LogP) is 2.91. The number of hydrogen-bond acceptors (Lipinski definition) is 2. The van der Waals surface area contributed by atoms with Crippen LogP contribution in [-0.4, -0.2) is 25.7 Å². The summed E-state index contributed by atoms with van der Waals surface area (Å²) in [6, 6.07) is 9.82. The van der Waals surface area contributed by atoms with E-state index in [1.54, 1.807) is 5.57 Å². The first kappa shape index (κ1) is 11.8. The van der Waals surface area contributed by atoms with Gasteiger partial charge < -0.3 is 10.2 Å². The lowest BCUT2D eigenvalue weighted by molar-refractivity contribution is 0.379. The Hall–Kier alpha value is -1.28. The molecule has 96 valence electrons. The Bertz CT molecular complexity index is 478. The molecule has 2 nitrogen and oxygen atoms in total. The molecule has 0 bridgehead atoms. The third kappa shape index (κ3) is 1.67. The molecule has 0 saturated carbocycles. The summed E-state index contributed by atoms with van der Waals surface area (Å²) >= 11 is 0. The van der Waals surface area contributed by atoms with Gasteiger partial charge in [0, 0.05) is 25.3 Å². The molecule has 2 aliphatic heterocycles. The van der Waals surface area contributed by atoms with Gasteiger partial charge in [-0.1, -0.05) is 44.5 Å². The minimum atomic E-state index is 0.537. The molecule has 0 aromatic heterocycles. The molecule has 0 aliphatic carbocycles. The van der Waals surface area contributed by atoms with Crippen LogP contribution in [-0.2, 0) is 0 Å². The minimum absolute atomic E-state index is 0.537. The smallest absolute Gasteiger partial charge is 0.0670 e. The summed E-state index contributed by atoms with van der Waals surface area (Å²) in [4.78, 5) is 2.46. The van der Waals surface area contributed by atoms with Crippen LogP contribution in [0.3, 0.4) is 0 Å². The van der Waals surface area contributed by atoms with Gasteiger partial charge in [-0.2, -0.15) is 0 Å². The van der Waals surface area contributed by atoms with Crippen LogP contribution in [0.15, 0.2) is 29.8 Å². The van der Waals surface area contributed by atoms with Crippen molar-refractivity contribution in [2.75, 3.05) is 18.5 Å². The van der Waals surface area contributed by atoms with Crippen molar-refractivity contribution in [3.8, 4) is 0 Å². The quantitative estimate of drug-likeness (QED) is 0.858. The Morgan fingerprint density at radius 3 is 2.94 bits per heavy atom. The van der Waals surface area contributed by atoms with Crippen molar-refractivity contribution in [2.24, 2.45) is 5.92 Å². The Labute approximate surface area is 110 Å². The summed E-state index contributed by atoms with van der Waals surface area (Å²) < 4.78 is 0. The molecule has 2 aliphatic rings. The van der Waals surface area contributed by atoms with Crippen molar-refractivity contribution >= 4 is 11.8 Å². The van der Waals surface area contributed by atoms with Crippen molar-refractivity contribution in [3.05, 3.63) is 35.4 Å². The molecule has 0 radical (unpaired) electrons. The first-order chi connectivity index (χ1) is 8.72. The zero-order valence-corrected chi connectivity index (χ0v) is 11.5. The third-order valence-electron chi connectivity index (χ3n) is 4.59. The number of nitrogens with zero attached hydrogens (tertiary/aromatic N) is 1. The van der Waals surface area contributed by atoms with Crippen molar-refractivity contribution < 1.29 is 0 Å². The van der Waals surface area contributed by atoms with E-state index in [2.05, 4.69) is 61.5 Å². The van der Waals surface area contributed by atoms with E-state index in [9.17, 15) is 0 Å². The molecule has 2 heteroatoms. The van der Waals surface area contributed by atoms with Crippen molar-refractivity contribution in [2.45, 2.75) is 32.4 Å². The highest BCUT2D eigenvalue weighted by atomic mass is 15.2. The molecular formula is C16H22N2. The van der Waals surface area contributed by atoms with E-state index in [0.29, 0.717) is 18.0 Å². The van der Waals surface area contributed by atoms with Crippen molar-refractivity contribution in [1.29, 1.82) is 0 Å². The van der Waals surface area contributed by atoms with Crippen LogP contribution in [0.5, 0.6) is 0 Å². The van der Waals surface area contributed by atoms with Gasteiger partial charge in [0.15, 0.2) is 0 Å². The van der Waals surface area contributed by atoms with Gasteiger partial charge in [-0.25, -0.2) is 0 Å². The van der Waals surface area contributed by atoms with E-state index in [1.807, 2.05) is 0 Å². The molecule has 0 spiro atoms. The van der Waals surface area contributed by atoms with E-state index in [1.165, 1.54) is 17.7 Å². The molecule has 1 fully saturated rings. The predicted molar refractivity (Wildman–Crippen MR) is 77.9 cm³/mol. The summed E-state index contributed by atoms with van der Waals surface area (Å²) in [5.41, 5.74) is 4.27. The molecule has 2 heterocycles. The van der Waals surface area contributed by atoms with Gasteiger partial charge in [-0.3, -0.25) is 0 Å². The molecule has 3 unspecified atom stereocenters. The third-order valence-corrected chi connectivity index (χ3v) is 4.59. The van der Waals surface area contributed by atoms with Crippen LogP contribution < -0.4 is 10.2 Å². The Balaban J connectivity index is 1.99. The molecule has 18 heavy (non-hydrogen) atoms. The number of anilines is 1. The molecule has 1 aromatic rings. The standard InChI is InChI=1S/C16H22N2/c1-4-11(2)15-16-13(10-17-15)9-12-7-5-6-8-14(12)18(16)3/h5-9,11,15-17H,4,10H2,1-3H3. The minimum Gasteiger partial charge on any atom is -0.366 e. The fourth-order valence-electron chi connectivity index (χ4n) is 3.36. The van der Waals surface area contributed by atoms with E-state index in [-0.39, 0.29) is 0 Å². The van der Waals surface area contributed by atoms with E-state index in [4.69, 9.17) is 0 Å². The van der Waals surface area contributed by atoms with Gasteiger partial charge in [-0.15, -0.1) is 0 Å². The number of nitrogens with one attached hydrogen (secondary N) is 1. The maximum Gasteiger partial charge on any atom is 0.0670 e. The molecule has 1 saturated heterocycles. The van der Waals surface area contributed by atoms with Gasteiger partial charge in [-0.05, 0) is 23.1 Å². The van der Waals surface area contributed by atoms with Crippen LogP contribution >= 0.6 is 0 Å². The van der Waals surface area contributed by atoms with Crippen LogP contribution in [0.2, 0.25) is 0 Å². The maximum atomic E-state index is 3.70. The topological polar surface area (TPSA) is 15.3 Å². The second-order valence-corrected chi connectivity index (χ2v) is 5.63. The molecule has 1 aromatic carbocycles. The second kappa shape index (κ2) is 4.43. The molecular weight excluding hydrogens is 220 g/mol. The number of benzene rings is 1. The summed E-state index contributed by atoms with van der Waals surface area (Å²) in [5, 5.41) is 3.70. The van der Waals surface area contributed by atoms with Gasteiger partial charge >= 0.3 is 0 Å². The van der Waals surface area contributed by atoms with Crippen LogP contribution in [0.1, 0.15) is 25.8 Å². The maximum absolute atomic E-state index is 3.70. The number of para-hydroxylation sites is 1. The normalized spacial score (nSPS) is 27.5. The SMILES string of the molecule is CCC(C)C1NCC2=Cc3ccccc3N(C)C21. The van der Waals surface area contributed by atoms with Crippen molar-refractivity contribution in [1.82, 2.24) is 5.32 Å². The summed E-state index contributed by atoms with van der Waals surface area (Å²) in [5.74, 6) is 0.716.